The zero-order valence-electron chi connectivity index (χ0n) is 31.0. The molecule has 2 saturated carbocycles. The summed E-state index contributed by atoms with van der Waals surface area (Å²) in [4.78, 5) is 24.9. The highest BCUT2D eigenvalue weighted by molar-refractivity contribution is 7.48. The Hall–Kier alpha value is -0.700. The Morgan fingerprint density at radius 2 is 1.22 bits per heavy atom. The molecule has 0 aromatic rings. The maximum Gasteiger partial charge on any atom is 0.550 e. The molecule has 0 amide bonds. The van der Waals surface area contributed by atoms with Crippen LogP contribution in [0.5, 0.6) is 0 Å². The summed E-state index contributed by atoms with van der Waals surface area (Å²) in [7, 11) is -3.99. The van der Waals surface area contributed by atoms with Crippen molar-refractivity contribution >= 4 is 13.5 Å². The van der Waals surface area contributed by atoms with Crippen molar-refractivity contribution in [3.8, 4) is 0 Å². The van der Waals surface area contributed by atoms with E-state index in [0.29, 0.717) is 30.4 Å². The number of hydrogen-bond donors (Lipinski definition) is 0. The minimum Gasteiger partial charge on any atom is -0.345 e. The van der Waals surface area contributed by atoms with E-state index in [0.717, 1.165) is 44.9 Å². The molecule has 284 valence electrons. The molecule has 0 radical (unpaired) electrons. The Morgan fingerprint density at radius 3 is 1.76 bits per heavy atom. The molecule has 0 aromatic heterocycles. The third-order valence-electron chi connectivity index (χ3n) is 14.0. The zero-order valence-corrected chi connectivity index (χ0v) is 31.9. The maximum absolute atomic E-state index is 13.6. The van der Waals surface area contributed by atoms with Crippen molar-refractivity contribution in [2.45, 2.75) is 161 Å². The van der Waals surface area contributed by atoms with Crippen LogP contribution in [0.15, 0.2) is 5.16 Å². The maximum atomic E-state index is 13.6. The topological polar surface area (TPSA) is 131 Å². The minimum absolute atomic E-state index is 0.0534. The molecule has 4 bridgehead atoms. The van der Waals surface area contributed by atoms with E-state index < -0.39 is 49.3 Å². The SMILES string of the molecule is CCOP(=O)(OCC)O/N=C(/C[C@H]1O[C@@H]2O[C@]3(C)CC[C@H]4[C@H](C)CC[C@@H]([C@H]1C)[C@@]24OO3)[C@H]1O[C@@H]2O[C@]3(C)CC[C@H]4[C@H](C)CC[C@@H]([C@H]1C)[C@@]24OO3. The number of fused-ring (bicyclic) bond motifs is 4. The van der Waals surface area contributed by atoms with E-state index in [1.165, 1.54) is 0 Å². The van der Waals surface area contributed by atoms with Gasteiger partial charge in [0.05, 0.1) is 25.0 Å². The van der Waals surface area contributed by atoms with Crippen LogP contribution in [0.1, 0.15) is 113 Å². The molecule has 16 atom stereocenters. The first kappa shape index (κ1) is 36.3. The number of ether oxygens (including phenoxy) is 4. The predicted molar refractivity (Wildman–Crippen MR) is 178 cm³/mol. The third-order valence-corrected chi connectivity index (χ3v) is 15.5. The van der Waals surface area contributed by atoms with Crippen LogP contribution in [0.25, 0.3) is 0 Å². The first-order chi connectivity index (χ1) is 23.8. The van der Waals surface area contributed by atoms with Crippen LogP contribution in [0.4, 0.5) is 0 Å². The molecule has 10 fully saturated rings. The van der Waals surface area contributed by atoms with Crippen molar-refractivity contribution in [1.82, 2.24) is 0 Å². The fourth-order valence-electron chi connectivity index (χ4n) is 11.4. The average Bonchev–Trinajstić information content (AvgIpc) is 3.45. The molecule has 8 saturated heterocycles. The standard InChI is InChI=1S/C36H58NO12P/c1-9-39-50(38,40-10-2)49-37-28(30-23(6)27-14-12-21(4)25-16-18-34(8)44-32(42-30)36(25,27)48-46-34)19-29-22(5)26-13-11-20(3)24-15-17-33(7)43-31(41-29)35(24,26)47-45-33/h20-27,29-32H,9-19H2,1-8H3/b37-28-/t20-,21-,22-,23-,24+,25+,26+,27+,29-,30+,31-,32-,33+,34+,35-,36-/m1/s1. The van der Waals surface area contributed by atoms with Crippen molar-refractivity contribution in [2.24, 2.45) is 52.5 Å². The lowest BCUT2D eigenvalue weighted by atomic mass is 9.56. The summed E-state index contributed by atoms with van der Waals surface area (Å²) in [5, 5.41) is 4.64. The van der Waals surface area contributed by atoms with E-state index in [-0.39, 0.29) is 54.8 Å². The van der Waals surface area contributed by atoms with Crippen LogP contribution in [0.3, 0.4) is 0 Å². The van der Waals surface area contributed by atoms with Crippen molar-refractivity contribution in [2.75, 3.05) is 13.2 Å². The zero-order chi connectivity index (χ0) is 35.3. The molecule has 13 nitrogen and oxygen atoms in total. The second-order valence-electron chi connectivity index (χ2n) is 16.9. The second kappa shape index (κ2) is 13.0. The first-order valence-electron chi connectivity index (χ1n) is 19.3. The highest BCUT2D eigenvalue weighted by Crippen LogP contribution is 2.63. The second-order valence-corrected chi connectivity index (χ2v) is 18.5. The van der Waals surface area contributed by atoms with E-state index in [9.17, 15) is 4.57 Å². The summed E-state index contributed by atoms with van der Waals surface area (Å²) in [5.41, 5.74) is -0.865. The van der Waals surface area contributed by atoms with Gasteiger partial charge in [-0.2, -0.15) is 0 Å². The van der Waals surface area contributed by atoms with Crippen molar-refractivity contribution in [3.05, 3.63) is 0 Å². The largest absolute Gasteiger partial charge is 0.550 e. The Labute approximate surface area is 296 Å². The quantitative estimate of drug-likeness (QED) is 0.101. The summed E-state index contributed by atoms with van der Waals surface area (Å²) >= 11 is 0. The lowest BCUT2D eigenvalue weighted by molar-refractivity contribution is -0.571. The van der Waals surface area contributed by atoms with Gasteiger partial charge in [-0.3, -0.25) is 13.7 Å². The molecule has 10 rings (SSSR count). The van der Waals surface area contributed by atoms with Gasteiger partial charge in [0.25, 0.3) is 0 Å². The summed E-state index contributed by atoms with van der Waals surface area (Å²) in [6.07, 6.45) is 5.59. The van der Waals surface area contributed by atoms with Crippen LogP contribution in [0, 0.1) is 47.3 Å². The van der Waals surface area contributed by atoms with Crippen LogP contribution in [0.2, 0.25) is 0 Å². The van der Waals surface area contributed by atoms with Crippen molar-refractivity contribution in [1.29, 1.82) is 0 Å². The number of phosphoric ester groups is 1. The molecule has 14 heteroatoms. The predicted octanol–water partition coefficient (Wildman–Crippen LogP) is 7.43. The van der Waals surface area contributed by atoms with Crippen molar-refractivity contribution < 1.29 is 56.7 Å². The minimum atomic E-state index is -3.99. The number of hydrogen-bond acceptors (Lipinski definition) is 13. The van der Waals surface area contributed by atoms with Gasteiger partial charge in [-0.15, -0.1) is 0 Å². The van der Waals surface area contributed by atoms with E-state index >= 15 is 0 Å². The van der Waals surface area contributed by atoms with Crippen LogP contribution < -0.4 is 0 Å². The van der Waals surface area contributed by atoms with Crippen LogP contribution >= 0.6 is 7.82 Å². The lowest BCUT2D eigenvalue weighted by Crippen LogP contribution is -2.71. The molecular formula is C36H58NO12P. The van der Waals surface area contributed by atoms with Crippen LogP contribution in [-0.2, 0) is 56.7 Å². The van der Waals surface area contributed by atoms with Gasteiger partial charge in [0.15, 0.2) is 23.8 Å². The van der Waals surface area contributed by atoms with E-state index in [1.807, 2.05) is 13.8 Å². The Morgan fingerprint density at radius 1 is 0.700 bits per heavy atom. The Bertz CT molecular complexity index is 1360. The van der Waals surface area contributed by atoms with Gasteiger partial charge in [0.2, 0.25) is 11.6 Å². The number of oxime groups is 1. The molecule has 2 aliphatic carbocycles. The Kier molecular flexibility index (Phi) is 9.41. The molecule has 10 aliphatic rings. The summed E-state index contributed by atoms with van der Waals surface area (Å²) < 4.78 is 57.8. The van der Waals surface area contributed by atoms with Gasteiger partial charge in [0, 0.05) is 31.1 Å². The molecule has 0 unspecified atom stereocenters. The number of rotatable bonds is 9. The Balaban J connectivity index is 1.15. The van der Waals surface area contributed by atoms with Gasteiger partial charge in [-0.05, 0) is 102 Å². The van der Waals surface area contributed by atoms with Gasteiger partial charge in [-0.25, -0.2) is 24.1 Å². The van der Waals surface area contributed by atoms with Gasteiger partial charge in [-0.1, -0.05) is 32.9 Å². The summed E-state index contributed by atoms with van der Waals surface area (Å²) in [5.74, 6) is -0.262. The molecule has 2 spiro atoms. The van der Waals surface area contributed by atoms with Gasteiger partial charge in [0.1, 0.15) is 6.10 Å². The molecule has 0 N–H and O–H groups in total. The molecular weight excluding hydrogens is 669 g/mol. The van der Waals surface area contributed by atoms with E-state index in [2.05, 4.69) is 32.9 Å². The third kappa shape index (κ3) is 5.54. The summed E-state index contributed by atoms with van der Waals surface area (Å²) in [6.45, 7) is 16.6. The fourth-order valence-corrected chi connectivity index (χ4v) is 12.4. The molecule has 50 heavy (non-hydrogen) atoms. The molecule has 8 aliphatic heterocycles. The van der Waals surface area contributed by atoms with E-state index in [1.54, 1.807) is 13.8 Å². The normalized spacial score (nSPS) is 52.8. The smallest absolute Gasteiger partial charge is 0.345 e. The molecule has 0 aromatic carbocycles. The van der Waals surface area contributed by atoms with Gasteiger partial charge >= 0.3 is 7.82 Å². The molecule has 8 heterocycles. The highest BCUT2D eigenvalue weighted by Gasteiger charge is 2.71. The number of nitrogens with zero attached hydrogens (tertiary/aromatic N) is 1. The lowest BCUT2D eigenvalue weighted by Gasteiger charge is -2.61. The monoisotopic (exact) mass is 727 g/mol. The van der Waals surface area contributed by atoms with Crippen molar-refractivity contribution in [3.63, 3.8) is 0 Å². The fraction of sp³-hybridized carbons (Fsp3) is 0.972. The van der Waals surface area contributed by atoms with Gasteiger partial charge < -0.3 is 18.9 Å². The van der Waals surface area contributed by atoms with Crippen LogP contribution in [-0.4, -0.2) is 66.5 Å². The average molecular weight is 728 g/mol. The first-order valence-corrected chi connectivity index (χ1v) is 20.8. The number of phosphoric acid groups is 1. The summed E-state index contributed by atoms with van der Waals surface area (Å²) in [6, 6.07) is 0. The van der Waals surface area contributed by atoms with E-state index in [4.69, 9.17) is 52.2 Å². The highest BCUT2D eigenvalue weighted by atomic mass is 31.2.